The molecule has 0 saturated heterocycles. The molecular formula is C18H15N3O2S. The Balaban J connectivity index is 1.82. The smallest absolute Gasteiger partial charge is 0.347 e. The number of carboxylic acid groups (broad SMARTS) is 1. The van der Waals surface area contributed by atoms with Gasteiger partial charge in [-0.1, -0.05) is 12.8 Å². The normalized spacial score (nSPS) is 15.0. The number of carbonyl (C=O) groups is 1. The zero-order chi connectivity index (χ0) is 16.7. The summed E-state index contributed by atoms with van der Waals surface area (Å²) in [6, 6.07) is 8.68. The summed E-state index contributed by atoms with van der Waals surface area (Å²) < 4.78 is 2.23. The summed E-state index contributed by atoms with van der Waals surface area (Å²) in [7, 11) is 0. The van der Waals surface area contributed by atoms with E-state index in [9.17, 15) is 10.1 Å². The van der Waals surface area contributed by atoms with Gasteiger partial charge in [0, 0.05) is 28.7 Å². The van der Waals surface area contributed by atoms with E-state index in [2.05, 4.69) is 15.6 Å². The Kier molecular flexibility index (Phi) is 3.58. The highest BCUT2D eigenvalue weighted by Gasteiger charge is 2.21. The van der Waals surface area contributed by atoms with Crippen molar-refractivity contribution in [2.24, 2.45) is 0 Å². The number of rotatable bonds is 3. The van der Waals surface area contributed by atoms with E-state index in [0.29, 0.717) is 16.6 Å². The van der Waals surface area contributed by atoms with Crippen molar-refractivity contribution in [2.45, 2.75) is 31.7 Å². The highest BCUT2D eigenvalue weighted by atomic mass is 32.1. The Bertz CT molecular complexity index is 974. The van der Waals surface area contributed by atoms with Gasteiger partial charge >= 0.3 is 5.97 Å². The largest absolute Gasteiger partial charge is 0.477 e. The standard InChI is InChI=1S/C18H15N3O2S/c19-8-12-10-21(13-3-1-2-4-13)15-6-5-11(7-14(12)15)17-20-9-16(24-17)18(22)23/h5-7,9-10,13H,1-4H2,(H,22,23). The molecule has 0 bridgehead atoms. The third kappa shape index (κ3) is 2.38. The van der Waals surface area contributed by atoms with E-state index in [0.717, 1.165) is 40.6 Å². The maximum Gasteiger partial charge on any atom is 0.347 e. The van der Waals surface area contributed by atoms with Gasteiger partial charge in [-0.2, -0.15) is 5.26 Å². The molecule has 24 heavy (non-hydrogen) atoms. The molecule has 2 aromatic heterocycles. The summed E-state index contributed by atoms with van der Waals surface area (Å²) in [4.78, 5) is 15.5. The van der Waals surface area contributed by atoms with Crippen LogP contribution in [0.15, 0.2) is 30.6 Å². The van der Waals surface area contributed by atoms with Crippen molar-refractivity contribution in [3.8, 4) is 16.6 Å². The van der Waals surface area contributed by atoms with E-state index in [1.807, 2.05) is 24.4 Å². The zero-order valence-corrected chi connectivity index (χ0v) is 13.7. The van der Waals surface area contributed by atoms with Crippen LogP contribution >= 0.6 is 11.3 Å². The van der Waals surface area contributed by atoms with Crippen LogP contribution in [0, 0.1) is 11.3 Å². The number of nitrogens with zero attached hydrogens (tertiary/aromatic N) is 3. The van der Waals surface area contributed by atoms with Crippen molar-refractivity contribution in [2.75, 3.05) is 0 Å². The van der Waals surface area contributed by atoms with Crippen LogP contribution in [0.1, 0.15) is 47.0 Å². The molecule has 6 heteroatoms. The number of nitriles is 1. The molecular weight excluding hydrogens is 322 g/mol. The fraction of sp³-hybridized carbons (Fsp3) is 0.278. The molecule has 1 fully saturated rings. The van der Waals surface area contributed by atoms with Crippen molar-refractivity contribution in [3.63, 3.8) is 0 Å². The van der Waals surface area contributed by atoms with E-state index < -0.39 is 5.97 Å². The number of thiazole rings is 1. The zero-order valence-electron chi connectivity index (χ0n) is 12.9. The summed E-state index contributed by atoms with van der Waals surface area (Å²) in [5, 5.41) is 20.1. The van der Waals surface area contributed by atoms with Crippen LogP contribution in [0.25, 0.3) is 21.5 Å². The maximum atomic E-state index is 11.0. The van der Waals surface area contributed by atoms with Gasteiger partial charge in [0.15, 0.2) is 0 Å². The predicted molar refractivity (Wildman–Crippen MR) is 92.2 cm³/mol. The van der Waals surface area contributed by atoms with E-state index in [-0.39, 0.29) is 4.88 Å². The number of hydrogen-bond acceptors (Lipinski definition) is 4. The first-order valence-electron chi connectivity index (χ1n) is 7.91. The second-order valence-electron chi connectivity index (χ2n) is 6.07. The lowest BCUT2D eigenvalue weighted by Crippen LogP contribution is -2.02. The van der Waals surface area contributed by atoms with Crippen molar-refractivity contribution in [1.82, 2.24) is 9.55 Å². The summed E-state index contributed by atoms with van der Waals surface area (Å²) in [6.45, 7) is 0. The van der Waals surface area contributed by atoms with Gasteiger partial charge in [-0.25, -0.2) is 9.78 Å². The van der Waals surface area contributed by atoms with Gasteiger partial charge in [-0.3, -0.25) is 0 Å². The molecule has 1 saturated carbocycles. The SMILES string of the molecule is N#Cc1cn(C2CCCC2)c2ccc(-c3ncc(C(=O)O)s3)cc12. The Labute approximate surface area is 142 Å². The van der Waals surface area contributed by atoms with E-state index >= 15 is 0 Å². The first-order chi connectivity index (χ1) is 11.7. The first-order valence-corrected chi connectivity index (χ1v) is 8.73. The second kappa shape index (κ2) is 5.77. The number of aromatic nitrogens is 2. The molecule has 1 aromatic carbocycles. The van der Waals surface area contributed by atoms with Crippen LogP contribution in [0.4, 0.5) is 0 Å². The number of carboxylic acids is 1. The van der Waals surface area contributed by atoms with Gasteiger partial charge in [-0.15, -0.1) is 11.3 Å². The minimum atomic E-state index is -0.968. The second-order valence-corrected chi connectivity index (χ2v) is 7.10. The first kappa shape index (κ1) is 14.9. The summed E-state index contributed by atoms with van der Waals surface area (Å²) in [5.74, 6) is -0.968. The third-order valence-corrected chi connectivity index (χ3v) is 5.67. The molecule has 120 valence electrons. The van der Waals surface area contributed by atoms with Gasteiger partial charge in [0.25, 0.3) is 0 Å². The van der Waals surface area contributed by atoms with Crippen LogP contribution in [0.3, 0.4) is 0 Å². The summed E-state index contributed by atoms with van der Waals surface area (Å²) in [6.07, 6.45) is 8.12. The van der Waals surface area contributed by atoms with Crippen LogP contribution in [-0.4, -0.2) is 20.6 Å². The fourth-order valence-corrected chi connectivity index (χ4v) is 4.22. The number of benzene rings is 1. The molecule has 0 unspecified atom stereocenters. The highest BCUT2D eigenvalue weighted by molar-refractivity contribution is 7.16. The molecule has 0 radical (unpaired) electrons. The fourth-order valence-electron chi connectivity index (χ4n) is 3.47. The summed E-state index contributed by atoms with van der Waals surface area (Å²) >= 11 is 1.15. The molecule has 1 N–H and O–H groups in total. The van der Waals surface area contributed by atoms with Gasteiger partial charge in [-0.05, 0) is 31.0 Å². The highest BCUT2D eigenvalue weighted by Crippen LogP contribution is 2.36. The molecule has 1 aliphatic rings. The number of hydrogen-bond donors (Lipinski definition) is 1. The molecule has 0 atom stereocenters. The monoisotopic (exact) mass is 337 g/mol. The van der Waals surface area contributed by atoms with Crippen molar-refractivity contribution in [1.29, 1.82) is 5.26 Å². The molecule has 2 heterocycles. The minimum absolute atomic E-state index is 0.217. The average molecular weight is 337 g/mol. The van der Waals surface area contributed by atoms with E-state index in [1.165, 1.54) is 19.0 Å². The quantitative estimate of drug-likeness (QED) is 0.766. The predicted octanol–water partition coefficient (Wildman–Crippen LogP) is 4.45. The Morgan fingerprint density at radius 3 is 2.83 bits per heavy atom. The Morgan fingerprint density at radius 1 is 1.38 bits per heavy atom. The van der Waals surface area contributed by atoms with Crippen LogP contribution in [0.2, 0.25) is 0 Å². The Morgan fingerprint density at radius 2 is 2.17 bits per heavy atom. The van der Waals surface area contributed by atoms with Gasteiger partial charge in [0.1, 0.15) is 16.0 Å². The number of fused-ring (bicyclic) bond motifs is 1. The van der Waals surface area contributed by atoms with E-state index in [4.69, 9.17) is 5.11 Å². The topological polar surface area (TPSA) is 78.9 Å². The van der Waals surface area contributed by atoms with Gasteiger partial charge < -0.3 is 9.67 Å². The van der Waals surface area contributed by atoms with Crippen molar-refractivity contribution in [3.05, 3.63) is 41.0 Å². The third-order valence-electron chi connectivity index (χ3n) is 4.64. The molecule has 4 rings (SSSR count). The molecule has 0 amide bonds. The minimum Gasteiger partial charge on any atom is -0.477 e. The molecule has 0 spiro atoms. The van der Waals surface area contributed by atoms with Crippen LogP contribution < -0.4 is 0 Å². The van der Waals surface area contributed by atoms with Gasteiger partial charge in [0.05, 0.1) is 11.8 Å². The molecule has 3 aromatic rings. The molecule has 1 aliphatic carbocycles. The Hall–Kier alpha value is -2.65. The summed E-state index contributed by atoms with van der Waals surface area (Å²) in [5.41, 5.74) is 2.58. The molecule has 5 nitrogen and oxygen atoms in total. The van der Waals surface area contributed by atoms with Crippen molar-refractivity contribution >= 4 is 28.2 Å². The lowest BCUT2D eigenvalue weighted by atomic mass is 10.1. The van der Waals surface area contributed by atoms with E-state index in [1.54, 1.807) is 0 Å². The van der Waals surface area contributed by atoms with Crippen LogP contribution in [0.5, 0.6) is 0 Å². The van der Waals surface area contributed by atoms with Crippen LogP contribution in [-0.2, 0) is 0 Å². The lowest BCUT2D eigenvalue weighted by Gasteiger charge is -2.13. The molecule has 0 aliphatic heterocycles. The lowest BCUT2D eigenvalue weighted by molar-refractivity contribution is 0.0702. The van der Waals surface area contributed by atoms with Crippen molar-refractivity contribution < 1.29 is 9.90 Å². The average Bonchev–Trinajstić information content (AvgIpc) is 3.32. The number of aromatic carboxylic acids is 1. The maximum absolute atomic E-state index is 11.0. The van der Waals surface area contributed by atoms with Gasteiger partial charge in [0.2, 0.25) is 0 Å².